The standard InChI is InChI=1S/C22H20ClNO6/c1-13-18(14(2)30-24-13)11-26-17-5-3-15(4-6-17)9-21(25)27-10-16-7-19(23)22-20(8-16)28-12-29-22/h3-8H,9-12H2,1-2H3. The van der Waals surface area contributed by atoms with Crippen molar-refractivity contribution in [3.63, 3.8) is 0 Å². The Labute approximate surface area is 178 Å². The third-order valence-electron chi connectivity index (χ3n) is 4.72. The quantitative estimate of drug-likeness (QED) is 0.510. The molecular formula is C22H20ClNO6. The molecule has 4 rings (SSSR count). The number of rotatable bonds is 7. The molecule has 0 amide bonds. The van der Waals surface area contributed by atoms with Gasteiger partial charge in [0.25, 0.3) is 0 Å². The molecule has 0 bridgehead atoms. The number of benzene rings is 2. The summed E-state index contributed by atoms with van der Waals surface area (Å²) in [5.74, 6) is 2.18. The van der Waals surface area contributed by atoms with Gasteiger partial charge in [-0.3, -0.25) is 4.79 Å². The number of ether oxygens (including phenoxy) is 4. The Hall–Kier alpha value is -3.19. The van der Waals surface area contributed by atoms with Crippen LogP contribution in [0.5, 0.6) is 17.2 Å². The average molecular weight is 430 g/mol. The predicted octanol–water partition coefficient (Wildman–Crippen LogP) is 4.54. The fraction of sp³-hybridized carbons (Fsp3) is 0.273. The fourth-order valence-corrected chi connectivity index (χ4v) is 3.34. The Kier molecular flexibility index (Phi) is 5.81. The molecule has 7 nitrogen and oxygen atoms in total. The molecule has 0 N–H and O–H groups in total. The van der Waals surface area contributed by atoms with Crippen molar-refractivity contribution in [2.24, 2.45) is 0 Å². The summed E-state index contributed by atoms with van der Waals surface area (Å²) in [6, 6.07) is 10.8. The smallest absolute Gasteiger partial charge is 0.310 e. The van der Waals surface area contributed by atoms with Gasteiger partial charge in [0, 0.05) is 0 Å². The van der Waals surface area contributed by atoms with Gasteiger partial charge in [0.05, 0.1) is 22.7 Å². The van der Waals surface area contributed by atoms with E-state index in [0.29, 0.717) is 28.9 Å². The van der Waals surface area contributed by atoms with E-state index in [4.69, 9.17) is 35.1 Å². The largest absolute Gasteiger partial charge is 0.489 e. The molecule has 1 aliphatic heterocycles. The Morgan fingerprint density at radius 2 is 1.90 bits per heavy atom. The lowest BCUT2D eigenvalue weighted by molar-refractivity contribution is -0.144. The third-order valence-corrected chi connectivity index (χ3v) is 5.00. The zero-order valence-electron chi connectivity index (χ0n) is 16.6. The predicted molar refractivity (Wildman–Crippen MR) is 108 cm³/mol. The monoisotopic (exact) mass is 429 g/mol. The second-order valence-electron chi connectivity index (χ2n) is 6.88. The zero-order valence-corrected chi connectivity index (χ0v) is 17.3. The Morgan fingerprint density at radius 1 is 1.10 bits per heavy atom. The minimum absolute atomic E-state index is 0.105. The van der Waals surface area contributed by atoms with E-state index in [9.17, 15) is 4.79 Å². The van der Waals surface area contributed by atoms with Gasteiger partial charge in [-0.1, -0.05) is 28.9 Å². The van der Waals surface area contributed by atoms with Crippen molar-refractivity contribution in [3.8, 4) is 17.2 Å². The van der Waals surface area contributed by atoms with Gasteiger partial charge in [0.2, 0.25) is 6.79 Å². The summed E-state index contributed by atoms with van der Waals surface area (Å²) in [4.78, 5) is 12.2. The molecule has 30 heavy (non-hydrogen) atoms. The summed E-state index contributed by atoms with van der Waals surface area (Å²) in [6.07, 6.45) is 0.155. The number of hydrogen-bond acceptors (Lipinski definition) is 7. The lowest BCUT2D eigenvalue weighted by atomic mass is 10.1. The first-order chi connectivity index (χ1) is 14.5. The molecule has 0 aliphatic carbocycles. The van der Waals surface area contributed by atoms with Crippen LogP contribution in [-0.4, -0.2) is 17.9 Å². The van der Waals surface area contributed by atoms with Gasteiger partial charge in [-0.15, -0.1) is 0 Å². The number of halogens is 1. The van der Waals surface area contributed by atoms with Gasteiger partial charge in [-0.25, -0.2) is 0 Å². The molecular weight excluding hydrogens is 410 g/mol. The molecule has 1 aromatic heterocycles. The Bertz CT molecular complexity index is 1040. The number of carbonyl (C=O) groups excluding carboxylic acids is 1. The summed E-state index contributed by atoms with van der Waals surface area (Å²) >= 11 is 6.14. The van der Waals surface area contributed by atoms with Gasteiger partial charge in [0.1, 0.15) is 24.7 Å². The van der Waals surface area contributed by atoms with Crippen LogP contribution in [-0.2, 0) is 29.2 Å². The van der Waals surface area contributed by atoms with Crippen molar-refractivity contribution in [1.29, 1.82) is 0 Å². The number of aryl methyl sites for hydroxylation is 2. The van der Waals surface area contributed by atoms with Gasteiger partial charge < -0.3 is 23.5 Å². The van der Waals surface area contributed by atoms with Crippen molar-refractivity contribution in [2.75, 3.05) is 6.79 Å². The molecule has 1 aliphatic rings. The summed E-state index contributed by atoms with van der Waals surface area (Å²) in [6.45, 7) is 4.34. The number of carbonyl (C=O) groups is 1. The molecule has 0 saturated carbocycles. The summed E-state index contributed by atoms with van der Waals surface area (Å²) in [5, 5.41) is 4.34. The van der Waals surface area contributed by atoms with Gasteiger partial charge >= 0.3 is 5.97 Å². The van der Waals surface area contributed by atoms with Crippen LogP contribution in [0.1, 0.15) is 28.1 Å². The summed E-state index contributed by atoms with van der Waals surface area (Å²) < 4.78 is 26.9. The van der Waals surface area contributed by atoms with Gasteiger partial charge in [0.15, 0.2) is 11.5 Å². The Balaban J connectivity index is 1.28. The SMILES string of the molecule is Cc1noc(C)c1COc1ccc(CC(=O)OCc2cc(Cl)c3c(c2)OCO3)cc1. The maximum atomic E-state index is 12.2. The Morgan fingerprint density at radius 3 is 2.63 bits per heavy atom. The normalized spacial score (nSPS) is 12.1. The molecule has 156 valence electrons. The maximum absolute atomic E-state index is 12.2. The number of esters is 1. The molecule has 3 aromatic rings. The van der Waals surface area contributed by atoms with E-state index in [1.165, 1.54) is 0 Å². The van der Waals surface area contributed by atoms with Crippen molar-refractivity contribution < 1.29 is 28.3 Å². The molecule has 0 fully saturated rings. The molecule has 0 spiro atoms. The van der Waals surface area contributed by atoms with E-state index in [1.54, 1.807) is 12.1 Å². The zero-order chi connectivity index (χ0) is 21.1. The second kappa shape index (κ2) is 8.67. The van der Waals surface area contributed by atoms with E-state index in [0.717, 1.165) is 28.1 Å². The summed E-state index contributed by atoms with van der Waals surface area (Å²) in [5.41, 5.74) is 3.32. The lowest BCUT2D eigenvalue weighted by Gasteiger charge is -2.08. The van der Waals surface area contributed by atoms with Crippen LogP contribution >= 0.6 is 11.6 Å². The molecule has 2 heterocycles. The van der Waals surface area contributed by atoms with Crippen LogP contribution in [0.15, 0.2) is 40.9 Å². The number of nitrogens with zero attached hydrogens (tertiary/aromatic N) is 1. The highest BCUT2D eigenvalue weighted by atomic mass is 35.5. The highest BCUT2D eigenvalue weighted by Crippen LogP contribution is 2.39. The highest BCUT2D eigenvalue weighted by molar-refractivity contribution is 6.32. The average Bonchev–Trinajstić information content (AvgIpc) is 3.33. The number of fused-ring (bicyclic) bond motifs is 1. The van der Waals surface area contributed by atoms with Crippen molar-refractivity contribution >= 4 is 17.6 Å². The lowest BCUT2D eigenvalue weighted by Crippen LogP contribution is -2.08. The molecule has 0 saturated heterocycles. The second-order valence-corrected chi connectivity index (χ2v) is 7.29. The molecule has 0 unspecified atom stereocenters. The van der Waals surface area contributed by atoms with Crippen LogP contribution in [0.25, 0.3) is 0 Å². The number of hydrogen-bond donors (Lipinski definition) is 0. The highest BCUT2D eigenvalue weighted by Gasteiger charge is 2.19. The van der Waals surface area contributed by atoms with Crippen LogP contribution in [0.2, 0.25) is 5.02 Å². The van der Waals surface area contributed by atoms with Crippen LogP contribution < -0.4 is 14.2 Å². The fourth-order valence-electron chi connectivity index (χ4n) is 3.05. The van der Waals surface area contributed by atoms with E-state index in [2.05, 4.69) is 5.16 Å². The van der Waals surface area contributed by atoms with E-state index in [1.807, 2.05) is 38.1 Å². The van der Waals surface area contributed by atoms with E-state index in [-0.39, 0.29) is 25.8 Å². The van der Waals surface area contributed by atoms with Crippen LogP contribution in [0.4, 0.5) is 0 Å². The summed E-state index contributed by atoms with van der Waals surface area (Å²) in [7, 11) is 0. The van der Waals surface area contributed by atoms with E-state index < -0.39 is 0 Å². The van der Waals surface area contributed by atoms with Crippen molar-refractivity contribution in [3.05, 3.63) is 69.6 Å². The first-order valence-corrected chi connectivity index (χ1v) is 9.74. The van der Waals surface area contributed by atoms with Crippen LogP contribution in [0.3, 0.4) is 0 Å². The van der Waals surface area contributed by atoms with Crippen LogP contribution in [0, 0.1) is 13.8 Å². The first kappa shape index (κ1) is 20.1. The van der Waals surface area contributed by atoms with E-state index >= 15 is 0 Å². The third kappa shape index (κ3) is 4.52. The van der Waals surface area contributed by atoms with Crippen molar-refractivity contribution in [2.45, 2.75) is 33.5 Å². The first-order valence-electron chi connectivity index (χ1n) is 9.36. The minimum Gasteiger partial charge on any atom is -0.489 e. The number of aromatic nitrogens is 1. The minimum atomic E-state index is -0.340. The molecule has 8 heteroatoms. The molecule has 0 atom stereocenters. The molecule has 0 radical (unpaired) electrons. The van der Waals surface area contributed by atoms with Gasteiger partial charge in [-0.05, 0) is 49.2 Å². The molecule has 2 aromatic carbocycles. The van der Waals surface area contributed by atoms with Gasteiger partial charge in [-0.2, -0.15) is 0 Å². The maximum Gasteiger partial charge on any atom is 0.310 e. The topological polar surface area (TPSA) is 80.0 Å². The van der Waals surface area contributed by atoms with Crippen molar-refractivity contribution in [1.82, 2.24) is 5.16 Å².